The third kappa shape index (κ3) is 9.14. The molecule has 26 heavy (non-hydrogen) atoms. The van der Waals surface area contributed by atoms with Crippen LogP contribution < -0.4 is 9.47 Å². The van der Waals surface area contributed by atoms with Gasteiger partial charge in [0.15, 0.2) is 0 Å². The van der Waals surface area contributed by atoms with Crippen LogP contribution in [0.25, 0.3) is 0 Å². The van der Waals surface area contributed by atoms with Crippen molar-refractivity contribution in [3.05, 3.63) is 49.6 Å². The first-order valence-electron chi connectivity index (χ1n) is 7.74. The molecule has 1 N–H and O–H groups in total. The van der Waals surface area contributed by atoms with E-state index in [4.69, 9.17) is 18.9 Å². The minimum atomic E-state index is -0.946. The van der Waals surface area contributed by atoms with Gasteiger partial charge in [-0.05, 0) is 24.3 Å². The molecule has 0 amide bonds. The van der Waals surface area contributed by atoms with E-state index in [1.807, 2.05) is 0 Å². The largest absolute Gasteiger partial charge is 0.492 e. The first kappa shape index (κ1) is 21.6. The van der Waals surface area contributed by atoms with Crippen LogP contribution in [0.1, 0.15) is 0 Å². The van der Waals surface area contributed by atoms with E-state index in [1.165, 1.54) is 0 Å². The second-order valence-electron chi connectivity index (χ2n) is 5.07. The quantitative estimate of drug-likeness (QED) is 0.322. The first-order chi connectivity index (χ1) is 12.4. The SMILES string of the molecule is C=CC(=O)OCC(O)COc1ccc(OCC(S)COC(=O)C=C)cc1. The van der Waals surface area contributed by atoms with Crippen molar-refractivity contribution in [1.82, 2.24) is 0 Å². The van der Waals surface area contributed by atoms with E-state index < -0.39 is 18.0 Å². The number of ether oxygens (including phenoxy) is 4. The van der Waals surface area contributed by atoms with Crippen LogP contribution in [-0.4, -0.2) is 54.8 Å². The van der Waals surface area contributed by atoms with Crippen LogP contribution in [0.3, 0.4) is 0 Å². The molecule has 1 aromatic carbocycles. The van der Waals surface area contributed by atoms with E-state index >= 15 is 0 Å². The molecule has 0 saturated carbocycles. The number of hydrogen-bond acceptors (Lipinski definition) is 8. The van der Waals surface area contributed by atoms with Crippen LogP contribution in [0.15, 0.2) is 49.6 Å². The van der Waals surface area contributed by atoms with Crippen LogP contribution >= 0.6 is 12.6 Å². The average Bonchev–Trinajstić information content (AvgIpc) is 2.67. The minimum Gasteiger partial charge on any atom is -0.492 e. The van der Waals surface area contributed by atoms with Crippen molar-refractivity contribution in [2.24, 2.45) is 0 Å². The predicted molar refractivity (Wildman–Crippen MR) is 98.5 cm³/mol. The summed E-state index contributed by atoms with van der Waals surface area (Å²) in [5.41, 5.74) is 0. The van der Waals surface area contributed by atoms with Gasteiger partial charge in [0, 0.05) is 12.2 Å². The van der Waals surface area contributed by atoms with Crippen LogP contribution in [0.4, 0.5) is 0 Å². The Kier molecular flexibility index (Phi) is 9.96. The van der Waals surface area contributed by atoms with Crippen molar-refractivity contribution in [2.75, 3.05) is 26.4 Å². The average molecular weight is 382 g/mol. The summed E-state index contributed by atoms with van der Waals surface area (Å²) in [5, 5.41) is 9.38. The second-order valence-corrected chi connectivity index (χ2v) is 5.80. The van der Waals surface area contributed by atoms with Crippen molar-refractivity contribution in [2.45, 2.75) is 11.4 Å². The smallest absolute Gasteiger partial charge is 0.330 e. The molecule has 0 aliphatic heterocycles. The Morgan fingerprint density at radius 1 is 0.923 bits per heavy atom. The number of carbonyl (C=O) groups is 2. The second kappa shape index (κ2) is 12.0. The van der Waals surface area contributed by atoms with Gasteiger partial charge in [0.25, 0.3) is 0 Å². The third-order valence-corrected chi connectivity index (χ3v) is 3.18. The summed E-state index contributed by atoms with van der Waals surface area (Å²) < 4.78 is 20.5. The number of aliphatic hydroxyl groups excluding tert-OH is 1. The van der Waals surface area contributed by atoms with Crippen molar-refractivity contribution >= 4 is 24.6 Å². The Labute approximate surface area is 157 Å². The highest BCUT2D eigenvalue weighted by Gasteiger charge is 2.09. The molecule has 0 aliphatic carbocycles. The van der Waals surface area contributed by atoms with Gasteiger partial charge in [-0.15, -0.1) is 0 Å². The van der Waals surface area contributed by atoms with E-state index in [1.54, 1.807) is 24.3 Å². The Morgan fingerprint density at radius 3 is 1.88 bits per heavy atom. The van der Waals surface area contributed by atoms with Crippen molar-refractivity contribution in [1.29, 1.82) is 0 Å². The summed E-state index contributed by atoms with van der Waals surface area (Å²) in [6.07, 6.45) is 1.16. The fourth-order valence-electron chi connectivity index (χ4n) is 1.59. The predicted octanol–water partition coefficient (Wildman–Crippen LogP) is 1.56. The van der Waals surface area contributed by atoms with E-state index in [0.29, 0.717) is 11.5 Å². The number of esters is 2. The molecule has 8 heteroatoms. The molecule has 0 heterocycles. The molecule has 0 saturated heterocycles. The highest BCUT2D eigenvalue weighted by Crippen LogP contribution is 2.18. The highest BCUT2D eigenvalue weighted by molar-refractivity contribution is 7.81. The molecule has 0 fully saturated rings. The third-order valence-electron chi connectivity index (χ3n) is 2.88. The lowest BCUT2D eigenvalue weighted by Crippen LogP contribution is -2.24. The number of rotatable bonds is 12. The van der Waals surface area contributed by atoms with Gasteiger partial charge in [0.2, 0.25) is 0 Å². The molecular weight excluding hydrogens is 360 g/mol. The lowest BCUT2D eigenvalue weighted by molar-refractivity contribution is -0.141. The van der Waals surface area contributed by atoms with Gasteiger partial charge in [-0.2, -0.15) is 12.6 Å². The van der Waals surface area contributed by atoms with Crippen LogP contribution in [0.2, 0.25) is 0 Å². The number of carbonyl (C=O) groups excluding carboxylic acids is 2. The molecule has 0 bridgehead atoms. The van der Waals surface area contributed by atoms with Gasteiger partial charge in [0.1, 0.15) is 44.0 Å². The van der Waals surface area contributed by atoms with E-state index in [0.717, 1.165) is 12.2 Å². The molecular formula is C18H22O7S. The zero-order chi connectivity index (χ0) is 19.4. The van der Waals surface area contributed by atoms with Gasteiger partial charge in [-0.1, -0.05) is 13.2 Å². The Hall–Kier alpha value is -2.45. The first-order valence-corrected chi connectivity index (χ1v) is 8.26. The Bertz CT molecular complexity index is 547. The molecule has 142 valence electrons. The number of aliphatic hydroxyl groups is 1. The van der Waals surface area contributed by atoms with Gasteiger partial charge >= 0.3 is 11.9 Å². The van der Waals surface area contributed by atoms with E-state index in [-0.39, 0.29) is 31.7 Å². The molecule has 2 unspecified atom stereocenters. The lowest BCUT2D eigenvalue weighted by Gasteiger charge is -2.14. The molecule has 1 aromatic rings. The highest BCUT2D eigenvalue weighted by atomic mass is 32.1. The molecule has 1 rings (SSSR count). The summed E-state index contributed by atoms with van der Waals surface area (Å²) in [6, 6.07) is 6.72. The topological polar surface area (TPSA) is 91.3 Å². The maximum absolute atomic E-state index is 11.0. The van der Waals surface area contributed by atoms with Crippen molar-refractivity contribution < 1.29 is 33.6 Å². The summed E-state index contributed by atoms with van der Waals surface area (Å²) >= 11 is 4.26. The molecule has 0 aliphatic rings. The van der Waals surface area contributed by atoms with Gasteiger partial charge in [-0.25, -0.2) is 9.59 Å². The monoisotopic (exact) mass is 382 g/mol. The lowest BCUT2D eigenvalue weighted by atomic mass is 10.3. The number of thiol groups is 1. The number of benzene rings is 1. The van der Waals surface area contributed by atoms with Gasteiger partial charge < -0.3 is 24.1 Å². The summed E-state index contributed by atoms with van der Waals surface area (Å²) in [7, 11) is 0. The summed E-state index contributed by atoms with van der Waals surface area (Å²) in [4.78, 5) is 21.8. The normalized spacial score (nSPS) is 12.4. The standard InChI is InChI=1S/C18H22O7S/c1-3-17(20)24-10-13(19)9-22-14-5-7-15(8-6-14)23-11-16(26)12-25-18(21)4-2/h3-8,13,16,19,26H,1-2,9-12H2. The molecule has 0 spiro atoms. The fraction of sp³-hybridized carbons (Fsp3) is 0.333. The zero-order valence-electron chi connectivity index (χ0n) is 14.2. The van der Waals surface area contributed by atoms with Crippen molar-refractivity contribution in [3.63, 3.8) is 0 Å². The Morgan fingerprint density at radius 2 is 1.38 bits per heavy atom. The van der Waals surface area contributed by atoms with Crippen LogP contribution in [-0.2, 0) is 19.1 Å². The van der Waals surface area contributed by atoms with E-state index in [2.05, 4.69) is 25.8 Å². The fourth-order valence-corrected chi connectivity index (χ4v) is 1.74. The molecule has 0 aromatic heterocycles. The van der Waals surface area contributed by atoms with Crippen molar-refractivity contribution in [3.8, 4) is 11.5 Å². The van der Waals surface area contributed by atoms with Gasteiger partial charge in [0.05, 0.1) is 5.25 Å². The zero-order valence-corrected chi connectivity index (χ0v) is 15.1. The van der Waals surface area contributed by atoms with Gasteiger partial charge in [-0.3, -0.25) is 0 Å². The van der Waals surface area contributed by atoms with Crippen LogP contribution in [0, 0.1) is 0 Å². The minimum absolute atomic E-state index is 0.0298. The maximum atomic E-state index is 11.0. The molecule has 2 atom stereocenters. The summed E-state index contributed by atoms with van der Waals surface area (Å²) in [6.45, 7) is 6.72. The maximum Gasteiger partial charge on any atom is 0.330 e. The number of hydrogen-bond donors (Lipinski definition) is 2. The van der Waals surface area contributed by atoms with Crippen LogP contribution in [0.5, 0.6) is 11.5 Å². The summed E-state index contributed by atoms with van der Waals surface area (Å²) in [5.74, 6) is -0.00000589. The molecule has 0 radical (unpaired) electrons. The van der Waals surface area contributed by atoms with E-state index in [9.17, 15) is 14.7 Å². The molecule has 7 nitrogen and oxygen atoms in total. The Balaban J connectivity index is 2.30.